The number of aliphatic hydroxyl groups is 1. The minimum atomic E-state index is -0.681. The highest BCUT2D eigenvalue weighted by molar-refractivity contribution is 5.26. The van der Waals surface area contributed by atoms with Gasteiger partial charge in [-0.2, -0.15) is 0 Å². The van der Waals surface area contributed by atoms with Gasteiger partial charge in [-0.25, -0.2) is 4.39 Å². The number of nitro groups is 2. The van der Waals surface area contributed by atoms with Crippen LogP contribution in [0.4, 0.5) is 16.0 Å². The van der Waals surface area contributed by atoms with Crippen molar-refractivity contribution in [2.24, 2.45) is 11.8 Å². The first-order valence-corrected chi connectivity index (χ1v) is 12.1. The van der Waals surface area contributed by atoms with Gasteiger partial charge in [0.1, 0.15) is 0 Å². The molecular formula is C25H39FN6O6. The summed E-state index contributed by atoms with van der Waals surface area (Å²) in [4.78, 5) is 30.7. The second-order valence-corrected chi connectivity index (χ2v) is 9.19. The van der Waals surface area contributed by atoms with Crippen LogP contribution in [0, 0.1) is 37.9 Å². The molecule has 0 aliphatic carbocycles. The van der Waals surface area contributed by atoms with Gasteiger partial charge in [0.2, 0.25) is 0 Å². The zero-order valence-electron chi connectivity index (χ0n) is 21.2. The number of ether oxygens (including phenoxy) is 1. The molecule has 0 bridgehead atoms. The van der Waals surface area contributed by atoms with E-state index in [1.165, 1.54) is 25.1 Å². The summed E-state index contributed by atoms with van der Waals surface area (Å²) in [5.41, 5.74) is 0. The third-order valence-electron chi connectivity index (χ3n) is 6.23. The van der Waals surface area contributed by atoms with Gasteiger partial charge in [0.15, 0.2) is 24.0 Å². The van der Waals surface area contributed by atoms with Crippen LogP contribution in [-0.2, 0) is 0 Å². The minimum Gasteiger partial charge on any atom is -0.489 e. The maximum Gasteiger partial charge on any atom is 0.363 e. The summed E-state index contributed by atoms with van der Waals surface area (Å²) >= 11 is 0. The average Bonchev–Trinajstić information content (AvgIpc) is 2.90. The van der Waals surface area contributed by atoms with Gasteiger partial charge in [0.25, 0.3) is 0 Å². The van der Waals surface area contributed by atoms with Gasteiger partial charge in [-0.3, -0.25) is 0 Å². The van der Waals surface area contributed by atoms with E-state index in [2.05, 4.69) is 33.9 Å². The number of likely N-dealkylation sites (tertiary alicyclic amines) is 2. The van der Waals surface area contributed by atoms with E-state index in [9.17, 15) is 24.6 Å². The Hall–Kier alpha value is -3.29. The SMILES string of the molecule is C.CN1CCC(CO)CC1.CN1CCC(COc2ccc([N+](=O)[O-])nc2)CC1.O=[N+]([O-])c1ccc(F)cn1. The van der Waals surface area contributed by atoms with E-state index in [-0.39, 0.29) is 19.1 Å². The second-order valence-electron chi connectivity index (χ2n) is 9.19. The van der Waals surface area contributed by atoms with E-state index >= 15 is 0 Å². The summed E-state index contributed by atoms with van der Waals surface area (Å²) in [6.45, 7) is 5.57. The highest BCUT2D eigenvalue weighted by atomic mass is 19.1. The Morgan fingerprint density at radius 1 is 0.895 bits per heavy atom. The molecule has 0 spiro atoms. The van der Waals surface area contributed by atoms with Crippen molar-refractivity contribution >= 4 is 11.6 Å². The Morgan fingerprint density at radius 3 is 1.76 bits per heavy atom. The molecule has 2 aliphatic rings. The molecule has 4 heterocycles. The number of halogens is 1. The third kappa shape index (κ3) is 12.3. The van der Waals surface area contributed by atoms with Crippen LogP contribution in [0.1, 0.15) is 33.1 Å². The first-order valence-electron chi connectivity index (χ1n) is 12.1. The smallest absolute Gasteiger partial charge is 0.363 e. The van der Waals surface area contributed by atoms with E-state index in [0.717, 1.165) is 57.4 Å². The fourth-order valence-electron chi connectivity index (χ4n) is 3.73. The number of aliphatic hydroxyl groups excluding tert-OH is 1. The first-order chi connectivity index (χ1) is 17.7. The molecule has 0 unspecified atom stereocenters. The fourth-order valence-corrected chi connectivity index (χ4v) is 3.73. The van der Waals surface area contributed by atoms with E-state index in [1.54, 1.807) is 6.07 Å². The lowest BCUT2D eigenvalue weighted by atomic mass is 9.98. The summed E-state index contributed by atoms with van der Waals surface area (Å²) < 4.78 is 17.7. The molecule has 2 aliphatic heterocycles. The van der Waals surface area contributed by atoms with E-state index in [4.69, 9.17) is 9.84 Å². The minimum absolute atomic E-state index is 0. The molecule has 212 valence electrons. The van der Waals surface area contributed by atoms with Gasteiger partial charge in [-0.05, 0) is 110 Å². The van der Waals surface area contributed by atoms with Crippen LogP contribution < -0.4 is 4.74 Å². The van der Waals surface area contributed by atoms with Gasteiger partial charge < -0.3 is 39.9 Å². The molecule has 2 saturated heterocycles. The van der Waals surface area contributed by atoms with Crippen LogP contribution in [0.15, 0.2) is 36.7 Å². The largest absolute Gasteiger partial charge is 0.489 e. The number of piperidine rings is 2. The monoisotopic (exact) mass is 538 g/mol. The fraction of sp³-hybridized carbons (Fsp3) is 0.600. The van der Waals surface area contributed by atoms with E-state index in [0.29, 0.717) is 30.8 Å². The van der Waals surface area contributed by atoms with Gasteiger partial charge in [-0.1, -0.05) is 7.43 Å². The lowest BCUT2D eigenvalue weighted by molar-refractivity contribution is -0.389. The van der Waals surface area contributed by atoms with Gasteiger partial charge in [-0.15, -0.1) is 0 Å². The maximum absolute atomic E-state index is 12.1. The van der Waals surface area contributed by atoms with Gasteiger partial charge in [0, 0.05) is 18.7 Å². The Bertz CT molecular complexity index is 950. The summed E-state index contributed by atoms with van der Waals surface area (Å²) in [6, 6.07) is 4.96. The second kappa shape index (κ2) is 17.3. The molecule has 12 nitrogen and oxygen atoms in total. The van der Waals surface area contributed by atoms with Crippen molar-refractivity contribution in [3.63, 3.8) is 0 Å². The first kappa shape index (κ1) is 32.7. The molecule has 2 fully saturated rings. The summed E-state index contributed by atoms with van der Waals surface area (Å²) in [5, 5.41) is 29.1. The lowest BCUT2D eigenvalue weighted by Gasteiger charge is -2.28. The number of rotatable bonds is 6. The molecule has 0 atom stereocenters. The van der Waals surface area contributed by atoms with Gasteiger partial charge in [0.05, 0.1) is 6.61 Å². The van der Waals surface area contributed by atoms with Crippen LogP contribution in [0.5, 0.6) is 5.75 Å². The molecule has 2 aromatic rings. The molecule has 0 radical (unpaired) electrons. The zero-order valence-corrected chi connectivity index (χ0v) is 21.2. The van der Waals surface area contributed by atoms with Crippen molar-refractivity contribution < 1.29 is 24.1 Å². The third-order valence-corrected chi connectivity index (χ3v) is 6.23. The quantitative estimate of drug-likeness (QED) is 0.425. The van der Waals surface area contributed by atoms with Crippen LogP contribution in [0.2, 0.25) is 0 Å². The predicted octanol–water partition coefficient (Wildman–Crippen LogP) is 3.80. The van der Waals surface area contributed by atoms with Crippen LogP contribution >= 0.6 is 0 Å². The Labute approximate surface area is 222 Å². The Morgan fingerprint density at radius 2 is 1.37 bits per heavy atom. The van der Waals surface area contributed by atoms with Crippen molar-refractivity contribution in [2.45, 2.75) is 33.1 Å². The van der Waals surface area contributed by atoms with Crippen molar-refractivity contribution in [3.05, 3.63) is 62.7 Å². The number of hydrogen-bond acceptors (Lipinski definition) is 10. The van der Waals surface area contributed by atoms with Crippen LogP contribution in [0.3, 0.4) is 0 Å². The van der Waals surface area contributed by atoms with Crippen LogP contribution in [-0.4, -0.2) is 88.2 Å². The normalized spacial score (nSPS) is 16.6. The van der Waals surface area contributed by atoms with E-state index < -0.39 is 15.7 Å². The molecular weight excluding hydrogens is 499 g/mol. The molecule has 38 heavy (non-hydrogen) atoms. The molecule has 13 heteroatoms. The topological polar surface area (TPSA) is 148 Å². The zero-order chi connectivity index (χ0) is 27.2. The number of hydrogen-bond donors (Lipinski definition) is 1. The lowest BCUT2D eigenvalue weighted by Crippen LogP contribution is -2.32. The Kier molecular flexibility index (Phi) is 14.9. The summed E-state index contributed by atoms with van der Waals surface area (Å²) in [7, 11) is 4.25. The number of aromatic nitrogens is 2. The van der Waals surface area contributed by atoms with Crippen molar-refractivity contribution in [1.82, 2.24) is 19.8 Å². The Balaban J connectivity index is 0.000000307. The average molecular weight is 539 g/mol. The number of nitrogens with zero attached hydrogens (tertiary/aromatic N) is 6. The summed E-state index contributed by atoms with van der Waals surface area (Å²) in [5.74, 6) is 0.672. The molecule has 0 saturated carbocycles. The number of pyridine rings is 2. The van der Waals surface area contributed by atoms with Crippen LogP contribution in [0.25, 0.3) is 0 Å². The highest BCUT2D eigenvalue weighted by Gasteiger charge is 2.18. The van der Waals surface area contributed by atoms with Crippen molar-refractivity contribution in [3.8, 4) is 5.75 Å². The molecule has 4 rings (SSSR count). The standard InChI is InChI=1S/C12H17N3O3.C7H15NO.C5H3FN2O2.CH4/c1-14-6-4-10(5-7-14)9-18-11-2-3-12(13-8-11)15(16)17;1-8-4-2-7(6-9)3-5-8;6-4-1-2-5(7-3-4)8(9)10;/h2-3,8,10H,4-7,9H2,1H3;7,9H,2-6H2,1H3;1-3H;1H4. The highest BCUT2D eigenvalue weighted by Crippen LogP contribution is 2.19. The van der Waals surface area contributed by atoms with Crippen molar-refractivity contribution in [2.75, 3.05) is 53.5 Å². The van der Waals surface area contributed by atoms with Gasteiger partial charge >= 0.3 is 11.6 Å². The molecule has 0 amide bonds. The van der Waals surface area contributed by atoms with E-state index in [1.807, 2.05) is 0 Å². The summed E-state index contributed by atoms with van der Waals surface area (Å²) in [6.07, 6.45) is 6.83. The van der Waals surface area contributed by atoms with Crippen molar-refractivity contribution in [1.29, 1.82) is 0 Å². The predicted molar refractivity (Wildman–Crippen MR) is 141 cm³/mol. The molecule has 0 aromatic carbocycles. The maximum atomic E-state index is 12.1. The molecule has 2 aromatic heterocycles. The molecule has 1 N–H and O–H groups in total.